The van der Waals surface area contributed by atoms with Crippen LogP contribution >= 0.6 is 23.2 Å². The second kappa shape index (κ2) is 10.9. The molecule has 0 bridgehead atoms. The number of carbonyl (C=O) groups excluding carboxylic acids is 1. The Balaban J connectivity index is 1.39. The van der Waals surface area contributed by atoms with E-state index in [1.807, 2.05) is 0 Å². The number of fused-ring (bicyclic) bond motifs is 1. The lowest BCUT2D eigenvalue weighted by Gasteiger charge is -2.25. The fourth-order valence-electron chi connectivity index (χ4n) is 3.58. The SMILES string of the molecule is O=C(O)OC1CCOc2cc(Oc3ccc(C(=O)NCC(O)c4ccc(Cl)cc4)cc3)c(Cl)cc21. The van der Waals surface area contributed by atoms with E-state index >= 15 is 0 Å². The van der Waals surface area contributed by atoms with Crippen molar-refractivity contribution in [3.63, 3.8) is 0 Å². The van der Waals surface area contributed by atoms with Crippen LogP contribution in [0.25, 0.3) is 0 Å². The van der Waals surface area contributed by atoms with Crippen molar-refractivity contribution < 1.29 is 34.0 Å². The number of nitrogens with one attached hydrogen (secondary N) is 1. The number of hydrogen-bond acceptors (Lipinski definition) is 6. The fraction of sp³-hybridized carbons (Fsp3) is 0.200. The maximum absolute atomic E-state index is 12.5. The van der Waals surface area contributed by atoms with E-state index < -0.39 is 18.4 Å². The van der Waals surface area contributed by atoms with Crippen LogP contribution in [0.2, 0.25) is 10.0 Å². The van der Waals surface area contributed by atoms with Gasteiger partial charge in [0.2, 0.25) is 0 Å². The number of carbonyl (C=O) groups is 2. The predicted octanol–water partition coefficient (Wildman–Crippen LogP) is 5.77. The highest BCUT2D eigenvalue weighted by atomic mass is 35.5. The predicted molar refractivity (Wildman–Crippen MR) is 129 cm³/mol. The minimum Gasteiger partial charge on any atom is -0.493 e. The molecule has 3 aromatic rings. The fourth-order valence-corrected chi connectivity index (χ4v) is 3.91. The highest BCUT2D eigenvalue weighted by molar-refractivity contribution is 6.32. The number of ether oxygens (including phenoxy) is 3. The third kappa shape index (κ3) is 6.16. The molecule has 182 valence electrons. The Morgan fingerprint density at radius 2 is 1.80 bits per heavy atom. The van der Waals surface area contributed by atoms with Crippen molar-refractivity contribution in [2.75, 3.05) is 13.2 Å². The third-order valence-corrected chi connectivity index (χ3v) is 5.89. The van der Waals surface area contributed by atoms with Gasteiger partial charge in [-0.05, 0) is 48.0 Å². The Hall–Kier alpha value is -3.46. The van der Waals surface area contributed by atoms with Crippen LogP contribution in [-0.2, 0) is 4.74 Å². The second-order valence-electron chi connectivity index (χ2n) is 7.73. The smallest absolute Gasteiger partial charge is 0.493 e. The van der Waals surface area contributed by atoms with Gasteiger partial charge < -0.3 is 29.7 Å². The van der Waals surface area contributed by atoms with Crippen LogP contribution < -0.4 is 14.8 Å². The Bertz CT molecular complexity index is 1220. The summed E-state index contributed by atoms with van der Waals surface area (Å²) in [5, 5.41) is 22.7. The van der Waals surface area contributed by atoms with E-state index in [9.17, 15) is 14.7 Å². The molecule has 1 amide bonds. The van der Waals surface area contributed by atoms with Gasteiger partial charge in [-0.15, -0.1) is 0 Å². The molecule has 0 aromatic heterocycles. The van der Waals surface area contributed by atoms with E-state index in [2.05, 4.69) is 5.32 Å². The van der Waals surface area contributed by atoms with E-state index in [0.717, 1.165) is 0 Å². The van der Waals surface area contributed by atoms with Crippen LogP contribution in [0.3, 0.4) is 0 Å². The minimum absolute atomic E-state index is 0.0377. The highest BCUT2D eigenvalue weighted by Crippen LogP contribution is 2.42. The molecule has 0 spiro atoms. The van der Waals surface area contributed by atoms with E-state index in [-0.39, 0.29) is 17.5 Å². The van der Waals surface area contributed by atoms with E-state index in [0.29, 0.717) is 52.0 Å². The number of benzene rings is 3. The van der Waals surface area contributed by atoms with Gasteiger partial charge in [0.15, 0.2) is 0 Å². The van der Waals surface area contributed by atoms with Gasteiger partial charge in [0.05, 0.1) is 17.7 Å². The van der Waals surface area contributed by atoms with Crippen molar-refractivity contribution >= 4 is 35.3 Å². The van der Waals surface area contributed by atoms with Crippen LogP contribution in [0, 0.1) is 0 Å². The molecule has 4 rings (SSSR count). The Morgan fingerprint density at radius 1 is 1.09 bits per heavy atom. The lowest BCUT2D eigenvalue weighted by atomic mass is 10.0. The van der Waals surface area contributed by atoms with E-state index in [1.54, 1.807) is 60.7 Å². The number of amides is 1. The largest absolute Gasteiger partial charge is 0.506 e. The summed E-state index contributed by atoms with van der Waals surface area (Å²) in [6.45, 7) is 0.332. The summed E-state index contributed by atoms with van der Waals surface area (Å²) >= 11 is 12.2. The molecule has 3 N–H and O–H groups in total. The number of carboxylic acid groups (broad SMARTS) is 1. The second-order valence-corrected chi connectivity index (χ2v) is 8.58. The van der Waals surface area contributed by atoms with Gasteiger partial charge in [-0.1, -0.05) is 35.3 Å². The number of hydrogen-bond donors (Lipinski definition) is 3. The molecular weight excluding hydrogens is 497 g/mol. The van der Waals surface area contributed by atoms with Crippen molar-refractivity contribution in [2.45, 2.75) is 18.6 Å². The van der Waals surface area contributed by atoms with Crippen LogP contribution in [0.4, 0.5) is 4.79 Å². The van der Waals surface area contributed by atoms with Crippen molar-refractivity contribution in [1.82, 2.24) is 5.32 Å². The molecule has 2 atom stereocenters. The normalized spacial score (nSPS) is 15.3. The van der Waals surface area contributed by atoms with Crippen LogP contribution in [0.1, 0.15) is 40.1 Å². The summed E-state index contributed by atoms with van der Waals surface area (Å²) in [5.74, 6) is 0.815. The zero-order valence-corrected chi connectivity index (χ0v) is 19.8. The first-order valence-corrected chi connectivity index (χ1v) is 11.4. The topological polar surface area (TPSA) is 114 Å². The number of aliphatic hydroxyl groups excluding tert-OH is 1. The standard InChI is InChI=1S/C25H21Cl2NO7/c26-16-5-1-14(2-6-16)20(29)13-28-24(30)15-3-7-17(8-4-15)34-23-12-22-18(11-19(23)27)21(9-10-33-22)35-25(31)32/h1-8,11-12,20-21,29H,9-10,13H2,(H,28,30)(H,31,32). The molecule has 0 saturated carbocycles. The summed E-state index contributed by atoms with van der Waals surface area (Å²) in [5.41, 5.74) is 1.56. The molecule has 2 unspecified atom stereocenters. The van der Waals surface area contributed by atoms with E-state index in [4.69, 9.17) is 42.5 Å². The molecule has 0 fully saturated rings. The lowest BCUT2D eigenvalue weighted by Crippen LogP contribution is -2.28. The third-order valence-electron chi connectivity index (χ3n) is 5.35. The summed E-state index contributed by atoms with van der Waals surface area (Å²) in [7, 11) is 0. The summed E-state index contributed by atoms with van der Waals surface area (Å²) in [6.07, 6.45) is -2.52. The van der Waals surface area contributed by atoms with Crippen LogP contribution in [0.15, 0.2) is 60.7 Å². The van der Waals surface area contributed by atoms with Crippen molar-refractivity contribution in [1.29, 1.82) is 0 Å². The molecule has 0 saturated heterocycles. The first-order valence-electron chi connectivity index (χ1n) is 10.7. The highest BCUT2D eigenvalue weighted by Gasteiger charge is 2.27. The van der Waals surface area contributed by atoms with Gasteiger partial charge in [0, 0.05) is 35.2 Å². The van der Waals surface area contributed by atoms with Crippen molar-refractivity contribution in [3.05, 3.63) is 87.4 Å². The molecule has 10 heteroatoms. The summed E-state index contributed by atoms with van der Waals surface area (Å²) in [4.78, 5) is 23.4. The summed E-state index contributed by atoms with van der Waals surface area (Å²) in [6, 6.07) is 16.3. The van der Waals surface area contributed by atoms with E-state index in [1.165, 1.54) is 0 Å². The maximum Gasteiger partial charge on any atom is 0.506 e. The van der Waals surface area contributed by atoms with Crippen LogP contribution in [-0.4, -0.2) is 35.4 Å². The Kier molecular flexibility index (Phi) is 7.65. The Morgan fingerprint density at radius 3 is 2.49 bits per heavy atom. The summed E-state index contributed by atoms with van der Waals surface area (Å²) < 4.78 is 16.4. The molecule has 3 aromatic carbocycles. The molecule has 0 aliphatic carbocycles. The number of rotatable bonds is 7. The molecule has 1 aliphatic heterocycles. The van der Waals surface area contributed by atoms with Gasteiger partial charge in [-0.3, -0.25) is 4.79 Å². The zero-order chi connectivity index (χ0) is 24.9. The maximum atomic E-state index is 12.5. The molecule has 0 radical (unpaired) electrons. The quantitative estimate of drug-likeness (QED) is 0.341. The first-order chi connectivity index (χ1) is 16.8. The van der Waals surface area contributed by atoms with Crippen molar-refractivity contribution in [3.8, 4) is 17.2 Å². The molecule has 8 nitrogen and oxygen atoms in total. The average Bonchev–Trinajstić information content (AvgIpc) is 2.84. The number of halogens is 2. The van der Waals surface area contributed by atoms with Crippen LogP contribution in [0.5, 0.6) is 17.2 Å². The lowest BCUT2D eigenvalue weighted by molar-refractivity contribution is 0.0326. The molecule has 1 aliphatic rings. The van der Waals surface area contributed by atoms with Gasteiger partial charge in [-0.25, -0.2) is 4.79 Å². The zero-order valence-electron chi connectivity index (χ0n) is 18.2. The monoisotopic (exact) mass is 517 g/mol. The molecular formula is C25H21Cl2NO7. The van der Waals surface area contributed by atoms with Crippen molar-refractivity contribution in [2.24, 2.45) is 0 Å². The van der Waals surface area contributed by atoms with Gasteiger partial charge in [0.1, 0.15) is 23.4 Å². The Labute approximate surface area is 211 Å². The van der Waals surface area contributed by atoms with Gasteiger partial charge >= 0.3 is 6.16 Å². The number of aliphatic hydroxyl groups is 1. The van der Waals surface area contributed by atoms with Gasteiger partial charge in [-0.2, -0.15) is 0 Å². The van der Waals surface area contributed by atoms with Gasteiger partial charge in [0.25, 0.3) is 5.91 Å². The minimum atomic E-state index is -1.37. The first kappa shape index (κ1) is 24.7. The average molecular weight is 518 g/mol. The molecule has 1 heterocycles. The molecule has 35 heavy (non-hydrogen) atoms.